The topological polar surface area (TPSA) is 210 Å². The maximum Gasteiger partial charge on any atom is 0.472 e. The van der Waals surface area contributed by atoms with Crippen molar-refractivity contribution in [1.82, 2.24) is 0 Å². The molecule has 1 aliphatic rings. The Morgan fingerprint density at radius 1 is 0.562 bits per heavy atom. The van der Waals surface area contributed by atoms with Gasteiger partial charge in [0.2, 0.25) is 0 Å². The molecule has 0 aromatic rings. The molecule has 1 saturated carbocycles. The number of carbonyl (C=O) groups is 2. The van der Waals surface area contributed by atoms with Crippen molar-refractivity contribution in [2.45, 2.75) is 191 Å². The van der Waals surface area contributed by atoms with E-state index in [1.165, 1.54) is 57.8 Å². The number of unbranched alkanes of at least 4 members (excludes halogenated alkanes) is 17. The fourth-order valence-corrected chi connectivity index (χ4v) is 6.61. The number of esters is 2. The molecule has 0 aliphatic heterocycles. The van der Waals surface area contributed by atoms with E-state index in [4.69, 9.17) is 18.5 Å². The van der Waals surface area contributed by atoms with Crippen LogP contribution < -0.4 is 0 Å². The van der Waals surface area contributed by atoms with Gasteiger partial charge in [0.25, 0.3) is 0 Å². The number of carbonyl (C=O) groups excluding carboxylic acids is 2. The van der Waals surface area contributed by atoms with Crippen LogP contribution in [0, 0.1) is 0 Å². The Kier molecular flexibility index (Phi) is 24.9. The summed E-state index contributed by atoms with van der Waals surface area (Å²) >= 11 is 0. The van der Waals surface area contributed by atoms with Crippen LogP contribution in [0.4, 0.5) is 0 Å². The van der Waals surface area contributed by atoms with Crippen molar-refractivity contribution in [2.24, 2.45) is 0 Å². The van der Waals surface area contributed by atoms with Crippen molar-refractivity contribution in [3.05, 3.63) is 0 Å². The summed E-state index contributed by atoms with van der Waals surface area (Å²) < 4.78 is 33.2. The van der Waals surface area contributed by atoms with Gasteiger partial charge in [0, 0.05) is 12.8 Å². The van der Waals surface area contributed by atoms with Crippen LogP contribution in [-0.2, 0) is 32.7 Å². The molecule has 0 bridgehead atoms. The maximum absolute atomic E-state index is 12.7. The first kappa shape index (κ1) is 44.9. The van der Waals surface area contributed by atoms with Gasteiger partial charge in [-0.15, -0.1) is 0 Å². The van der Waals surface area contributed by atoms with Gasteiger partial charge in [-0.1, -0.05) is 123 Å². The zero-order valence-electron chi connectivity index (χ0n) is 29.3. The van der Waals surface area contributed by atoms with Crippen LogP contribution in [-0.4, -0.2) is 98.3 Å². The Labute approximate surface area is 287 Å². The highest BCUT2D eigenvalue weighted by Gasteiger charge is 2.51. The van der Waals surface area contributed by atoms with E-state index in [2.05, 4.69) is 13.8 Å². The highest BCUT2D eigenvalue weighted by Crippen LogP contribution is 2.47. The maximum atomic E-state index is 12.7. The molecule has 6 unspecified atom stereocenters. The van der Waals surface area contributed by atoms with Crippen molar-refractivity contribution in [3.63, 3.8) is 0 Å². The summed E-state index contributed by atoms with van der Waals surface area (Å²) in [6.07, 6.45) is 7.86. The van der Waals surface area contributed by atoms with Gasteiger partial charge in [-0.3, -0.25) is 18.6 Å². The molecule has 6 atom stereocenters. The van der Waals surface area contributed by atoms with Gasteiger partial charge < -0.3 is 39.9 Å². The van der Waals surface area contributed by atoms with E-state index in [0.717, 1.165) is 51.4 Å². The summed E-state index contributed by atoms with van der Waals surface area (Å²) in [4.78, 5) is 35.2. The third-order valence-electron chi connectivity index (χ3n) is 8.70. The summed E-state index contributed by atoms with van der Waals surface area (Å²) in [5.41, 5.74) is 0. The molecule has 284 valence electrons. The van der Waals surface area contributed by atoms with E-state index in [1.54, 1.807) is 0 Å². The molecule has 1 aliphatic carbocycles. The molecule has 1 fully saturated rings. The molecule has 13 nitrogen and oxygen atoms in total. The number of phosphoric acid groups is 1. The minimum absolute atomic E-state index is 0.103. The zero-order valence-corrected chi connectivity index (χ0v) is 30.2. The third-order valence-corrected chi connectivity index (χ3v) is 9.68. The van der Waals surface area contributed by atoms with E-state index in [-0.39, 0.29) is 12.8 Å². The number of rotatable bonds is 29. The van der Waals surface area contributed by atoms with Crippen LogP contribution in [0.25, 0.3) is 0 Å². The number of aliphatic hydroxyl groups is 5. The normalized spacial score (nSPS) is 24.6. The monoisotopic (exact) mass is 712 g/mol. The SMILES string of the molecule is CCCCCCCCCCCCCCC(=O)OC(COC(=O)CCCCCCCCC)COP(=O)(O)OC1C(O)C(O)C(O)C(O)C1O. The number of ether oxygens (including phenoxy) is 2. The number of phosphoric ester groups is 1. The number of hydrogen-bond acceptors (Lipinski definition) is 12. The molecule has 48 heavy (non-hydrogen) atoms. The first-order valence-corrected chi connectivity index (χ1v) is 19.8. The largest absolute Gasteiger partial charge is 0.472 e. The first-order chi connectivity index (χ1) is 22.9. The summed E-state index contributed by atoms with van der Waals surface area (Å²) in [6, 6.07) is 0. The van der Waals surface area contributed by atoms with Crippen molar-refractivity contribution in [2.75, 3.05) is 13.2 Å². The Morgan fingerprint density at radius 3 is 1.38 bits per heavy atom. The predicted molar refractivity (Wildman–Crippen MR) is 180 cm³/mol. The summed E-state index contributed by atoms with van der Waals surface area (Å²) in [6.45, 7) is 3.20. The van der Waals surface area contributed by atoms with Crippen molar-refractivity contribution >= 4 is 19.8 Å². The lowest BCUT2D eigenvalue weighted by Crippen LogP contribution is -2.64. The Balaban J connectivity index is 2.56. The Hall–Kier alpha value is -1.15. The van der Waals surface area contributed by atoms with Crippen LogP contribution in [0.15, 0.2) is 0 Å². The van der Waals surface area contributed by atoms with E-state index >= 15 is 0 Å². The van der Waals surface area contributed by atoms with Gasteiger partial charge >= 0.3 is 19.8 Å². The molecule has 6 N–H and O–H groups in total. The average molecular weight is 713 g/mol. The van der Waals surface area contributed by atoms with Gasteiger partial charge in [0.05, 0.1) is 6.61 Å². The fraction of sp³-hybridized carbons (Fsp3) is 0.941. The summed E-state index contributed by atoms with van der Waals surface area (Å²) in [5, 5.41) is 49.8. The van der Waals surface area contributed by atoms with Gasteiger partial charge in [-0.2, -0.15) is 0 Å². The van der Waals surface area contributed by atoms with Gasteiger partial charge in [-0.05, 0) is 12.8 Å². The third kappa shape index (κ3) is 19.9. The van der Waals surface area contributed by atoms with E-state index in [1.807, 2.05) is 0 Å². The second-order valence-electron chi connectivity index (χ2n) is 13.1. The zero-order chi connectivity index (χ0) is 35.8. The first-order valence-electron chi connectivity index (χ1n) is 18.3. The van der Waals surface area contributed by atoms with Crippen molar-refractivity contribution in [1.29, 1.82) is 0 Å². The smallest absolute Gasteiger partial charge is 0.462 e. The lowest BCUT2D eigenvalue weighted by atomic mass is 9.85. The highest BCUT2D eigenvalue weighted by molar-refractivity contribution is 7.47. The molecular weight excluding hydrogens is 647 g/mol. The van der Waals surface area contributed by atoms with Crippen LogP contribution in [0.2, 0.25) is 0 Å². The van der Waals surface area contributed by atoms with E-state index in [9.17, 15) is 44.6 Å². The second-order valence-corrected chi connectivity index (χ2v) is 14.5. The lowest BCUT2D eigenvalue weighted by molar-refractivity contribution is -0.220. The molecule has 14 heteroatoms. The number of aliphatic hydroxyl groups excluding tert-OH is 5. The van der Waals surface area contributed by atoms with Gasteiger partial charge in [0.1, 0.15) is 43.2 Å². The van der Waals surface area contributed by atoms with Crippen molar-refractivity contribution < 1.29 is 63.1 Å². The Morgan fingerprint density at radius 2 is 0.938 bits per heavy atom. The summed E-state index contributed by atoms with van der Waals surface area (Å²) in [7, 11) is -5.09. The molecule has 0 spiro atoms. The molecule has 0 heterocycles. The molecule has 0 amide bonds. The minimum Gasteiger partial charge on any atom is -0.462 e. The molecule has 1 rings (SSSR count). The molecule has 0 radical (unpaired) electrons. The average Bonchev–Trinajstić information content (AvgIpc) is 3.06. The lowest BCUT2D eigenvalue weighted by Gasteiger charge is -2.41. The minimum atomic E-state index is -5.09. The van der Waals surface area contributed by atoms with Crippen LogP contribution in [0.3, 0.4) is 0 Å². The highest BCUT2D eigenvalue weighted by atomic mass is 31.2. The molecule has 0 aromatic carbocycles. The van der Waals surface area contributed by atoms with Gasteiger partial charge in [-0.25, -0.2) is 4.57 Å². The van der Waals surface area contributed by atoms with E-state index < -0.39 is 75.7 Å². The van der Waals surface area contributed by atoms with Crippen LogP contribution >= 0.6 is 7.82 Å². The molecular formula is C34H65O13P. The summed E-state index contributed by atoms with van der Waals surface area (Å²) in [5.74, 6) is -1.10. The molecule has 0 saturated heterocycles. The van der Waals surface area contributed by atoms with E-state index in [0.29, 0.717) is 12.8 Å². The molecule has 0 aromatic heterocycles. The van der Waals surface area contributed by atoms with Crippen molar-refractivity contribution in [3.8, 4) is 0 Å². The fourth-order valence-electron chi connectivity index (χ4n) is 5.64. The van der Waals surface area contributed by atoms with Crippen LogP contribution in [0.5, 0.6) is 0 Å². The Bertz CT molecular complexity index is 875. The number of hydrogen-bond donors (Lipinski definition) is 6. The quantitative estimate of drug-likeness (QED) is 0.0343. The van der Waals surface area contributed by atoms with Gasteiger partial charge in [0.15, 0.2) is 6.10 Å². The predicted octanol–water partition coefficient (Wildman–Crippen LogP) is 4.99. The second kappa shape index (κ2) is 26.6. The van der Waals surface area contributed by atoms with Crippen LogP contribution in [0.1, 0.15) is 149 Å². The standard InChI is InChI=1S/C34H65O13P/c1-3-5-7-9-11-12-13-14-15-17-19-21-23-28(36)46-26(24-44-27(35)22-20-18-16-10-8-6-4-2)25-45-48(42,43)47-34-32(40)30(38)29(37)31(39)33(34)41/h26,29-34,37-41H,3-25H2,1-2H3,(H,42,43).